The zero-order valence-corrected chi connectivity index (χ0v) is 13.9. The van der Waals surface area contributed by atoms with Gasteiger partial charge in [-0.1, -0.05) is 13.3 Å². The molecule has 2 amide bonds. The molecule has 0 aliphatic rings. The molecule has 10 nitrogen and oxygen atoms in total. The maximum atomic E-state index is 11.9. The molecule has 0 radical (unpaired) electrons. The van der Waals surface area contributed by atoms with E-state index >= 15 is 0 Å². The number of amides is 2. The van der Waals surface area contributed by atoms with Gasteiger partial charge in [-0.25, -0.2) is 9.59 Å². The fourth-order valence-corrected chi connectivity index (χ4v) is 1.52. The van der Waals surface area contributed by atoms with E-state index in [-0.39, 0.29) is 26.3 Å². The summed E-state index contributed by atoms with van der Waals surface area (Å²) in [5.74, 6) is 0. The zero-order valence-electron chi connectivity index (χ0n) is 13.9. The van der Waals surface area contributed by atoms with Gasteiger partial charge in [-0.15, -0.1) is 0 Å². The van der Waals surface area contributed by atoms with Gasteiger partial charge in [0, 0.05) is 19.6 Å². The van der Waals surface area contributed by atoms with Crippen LogP contribution in [0.5, 0.6) is 0 Å². The minimum Gasteiger partial charge on any atom is -0.447 e. The van der Waals surface area contributed by atoms with Crippen molar-refractivity contribution in [2.75, 3.05) is 46.1 Å². The van der Waals surface area contributed by atoms with Gasteiger partial charge in [0.05, 0.1) is 13.2 Å². The molecular formula is C14H28N2O8. The first kappa shape index (κ1) is 22.4. The summed E-state index contributed by atoms with van der Waals surface area (Å²) < 4.78 is 9.53. The molecule has 5 N–H and O–H groups in total. The van der Waals surface area contributed by atoms with Crippen molar-refractivity contribution >= 4 is 12.2 Å². The van der Waals surface area contributed by atoms with Crippen molar-refractivity contribution < 1.29 is 39.5 Å². The van der Waals surface area contributed by atoms with Crippen molar-refractivity contribution in [1.82, 2.24) is 10.2 Å². The van der Waals surface area contributed by atoms with Crippen molar-refractivity contribution in [1.29, 1.82) is 0 Å². The minimum absolute atomic E-state index is 0.107. The number of unbranched alkanes of at least 4 members (excludes halogenated alkanes) is 1. The van der Waals surface area contributed by atoms with E-state index in [2.05, 4.69) is 10.1 Å². The molecule has 0 aromatic heterocycles. The number of aliphatic hydroxyl groups excluding tert-OH is 4. The first-order chi connectivity index (χ1) is 11.4. The molecule has 0 aromatic rings. The lowest BCUT2D eigenvalue weighted by molar-refractivity contribution is 0.0196. The molecule has 142 valence electrons. The van der Waals surface area contributed by atoms with Crippen LogP contribution in [0.1, 0.15) is 19.8 Å². The molecule has 0 fully saturated rings. The highest BCUT2D eigenvalue weighted by Gasteiger charge is 2.16. The largest absolute Gasteiger partial charge is 0.447 e. The van der Waals surface area contributed by atoms with Crippen LogP contribution in [-0.4, -0.2) is 95.8 Å². The molecule has 10 heteroatoms. The van der Waals surface area contributed by atoms with Crippen molar-refractivity contribution in [3.8, 4) is 0 Å². The van der Waals surface area contributed by atoms with E-state index in [4.69, 9.17) is 20.1 Å². The molecule has 24 heavy (non-hydrogen) atoms. The Labute approximate surface area is 141 Å². The number of hydrogen-bond acceptors (Lipinski definition) is 8. The van der Waals surface area contributed by atoms with Crippen LogP contribution in [0.4, 0.5) is 9.59 Å². The van der Waals surface area contributed by atoms with Crippen molar-refractivity contribution in [2.24, 2.45) is 0 Å². The van der Waals surface area contributed by atoms with Crippen molar-refractivity contribution in [3.63, 3.8) is 0 Å². The Morgan fingerprint density at radius 3 is 2.17 bits per heavy atom. The number of carbonyl (C=O) groups excluding carboxylic acids is 2. The van der Waals surface area contributed by atoms with E-state index in [0.29, 0.717) is 6.54 Å². The molecule has 0 spiro atoms. The fourth-order valence-electron chi connectivity index (χ4n) is 1.52. The summed E-state index contributed by atoms with van der Waals surface area (Å²) in [7, 11) is 0. The first-order valence-electron chi connectivity index (χ1n) is 7.84. The van der Waals surface area contributed by atoms with Crippen LogP contribution < -0.4 is 5.32 Å². The number of nitrogens with zero attached hydrogens (tertiary/aromatic N) is 1. The molecule has 0 saturated carbocycles. The molecule has 0 aromatic carbocycles. The van der Waals surface area contributed by atoms with Crippen LogP contribution in [0.25, 0.3) is 0 Å². The zero-order chi connectivity index (χ0) is 18.4. The van der Waals surface area contributed by atoms with Gasteiger partial charge in [-0.3, -0.25) is 0 Å². The van der Waals surface area contributed by atoms with Gasteiger partial charge >= 0.3 is 12.2 Å². The van der Waals surface area contributed by atoms with E-state index < -0.39 is 37.6 Å². The van der Waals surface area contributed by atoms with Crippen LogP contribution in [0.2, 0.25) is 0 Å². The molecule has 0 rings (SSSR count). The SMILES string of the molecule is CCCCN(CCNC(=O)OCC(O)CO)C(=O)OCC(O)CO. The summed E-state index contributed by atoms with van der Waals surface area (Å²) >= 11 is 0. The van der Waals surface area contributed by atoms with Crippen LogP contribution in [-0.2, 0) is 9.47 Å². The van der Waals surface area contributed by atoms with Crippen LogP contribution in [0.15, 0.2) is 0 Å². The molecule has 0 aliphatic heterocycles. The Morgan fingerprint density at radius 2 is 1.62 bits per heavy atom. The van der Waals surface area contributed by atoms with Crippen molar-refractivity contribution in [3.05, 3.63) is 0 Å². The summed E-state index contributed by atoms with van der Waals surface area (Å²) in [6.45, 7) is 1.00. The van der Waals surface area contributed by atoms with Gasteiger partial charge in [-0.05, 0) is 6.42 Å². The number of alkyl carbamates (subject to hydrolysis) is 1. The van der Waals surface area contributed by atoms with E-state index in [9.17, 15) is 14.7 Å². The van der Waals surface area contributed by atoms with E-state index in [1.54, 1.807) is 0 Å². The lowest BCUT2D eigenvalue weighted by Gasteiger charge is -2.22. The second-order valence-electron chi connectivity index (χ2n) is 5.12. The van der Waals surface area contributed by atoms with E-state index in [1.165, 1.54) is 4.90 Å². The number of aliphatic hydroxyl groups is 4. The number of rotatable bonds is 12. The third-order valence-corrected chi connectivity index (χ3v) is 2.92. The predicted molar refractivity (Wildman–Crippen MR) is 83.4 cm³/mol. The van der Waals surface area contributed by atoms with Crippen LogP contribution in [0.3, 0.4) is 0 Å². The topological polar surface area (TPSA) is 149 Å². The molecule has 0 saturated heterocycles. The Hall–Kier alpha value is -1.62. The number of ether oxygens (including phenoxy) is 2. The van der Waals surface area contributed by atoms with E-state index in [1.807, 2.05) is 6.92 Å². The second-order valence-corrected chi connectivity index (χ2v) is 5.12. The Balaban J connectivity index is 4.17. The number of hydrogen-bond donors (Lipinski definition) is 5. The average molecular weight is 352 g/mol. The summed E-state index contributed by atoms with van der Waals surface area (Å²) in [5.41, 5.74) is 0. The monoisotopic (exact) mass is 352 g/mol. The third-order valence-electron chi connectivity index (χ3n) is 2.92. The standard InChI is InChI=1S/C14H28N2O8/c1-2-3-5-16(14(22)24-10-12(20)8-18)6-4-15-13(21)23-9-11(19)7-17/h11-12,17-20H,2-10H2,1H3,(H,15,21). The summed E-state index contributed by atoms with van der Waals surface area (Å²) in [5, 5.41) is 37.9. The van der Waals surface area contributed by atoms with Gasteiger partial charge in [0.2, 0.25) is 0 Å². The van der Waals surface area contributed by atoms with Crippen molar-refractivity contribution in [2.45, 2.75) is 32.0 Å². The Morgan fingerprint density at radius 1 is 1.04 bits per heavy atom. The highest BCUT2D eigenvalue weighted by Crippen LogP contribution is 1.99. The summed E-state index contributed by atoms with van der Waals surface area (Å²) in [6.07, 6.45) is -2.09. The quantitative estimate of drug-likeness (QED) is 0.290. The molecular weight excluding hydrogens is 324 g/mol. The molecule has 0 heterocycles. The third kappa shape index (κ3) is 11.0. The van der Waals surface area contributed by atoms with Gasteiger partial charge in [-0.2, -0.15) is 0 Å². The van der Waals surface area contributed by atoms with Gasteiger partial charge in [0.1, 0.15) is 25.4 Å². The number of nitrogens with one attached hydrogen (secondary N) is 1. The predicted octanol–water partition coefficient (Wildman–Crippen LogP) is -1.34. The Bertz CT molecular complexity index is 356. The first-order valence-corrected chi connectivity index (χ1v) is 7.84. The summed E-state index contributed by atoms with van der Waals surface area (Å²) in [6, 6.07) is 0. The highest BCUT2D eigenvalue weighted by atomic mass is 16.6. The Kier molecular flexibility index (Phi) is 12.9. The molecule has 0 aliphatic carbocycles. The average Bonchev–Trinajstić information content (AvgIpc) is 2.59. The van der Waals surface area contributed by atoms with Gasteiger partial charge in [0.15, 0.2) is 0 Å². The molecule has 0 bridgehead atoms. The second kappa shape index (κ2) is 13.8. The maximum Gasteiger partial charge on any atom is 0.409 e. The molecule has 2 unspecified atom stereocenters. The fraction of sp³-hybridized carbons (Fsp3) is 0.857. The van der Waals surface area contributed by atoms with E-state index in [0.717, 1.165) is 12.8 Å². The minimum atomic E-state index is -1.13. The van der Waals surface area contributed by atoms with Crippen LogP contribution >= 0.6 is 0 Å². The normalized spacial score (nSPS) is 13.0. The maximum absolute atomic E-state index is 11.9. The van der Waals surface area contributed by atoms with Crippen LogP contribution in [0, 0.1) is 0 Å². The smallest absolute Gasteiger partial charge is 0.409 e. The number of carbonyl (C=O) groups is 2. The van der Waals surface area contributed by atoms with Gasteiger partial charge < -0.3 is 40.1 Å². The highest BCUT2D eigenvalue weighted by molar-refractivity contribution is 5.68. The lowest BCUT2D eigenvalue weighted by atomic mass is 10.3. The summed E-state index contributed by atoms with van der Waals surface area (Å²) in [4.78, 5) is 24.6. The molecule has 2 atom stereocenters. The van der Waals surface area contributed by atoms with Gasteiger partial charge in [0.25, 0.3) is 0 Å². The lowest BCUT2D eigenvalue weighted by Crippen LogP contribution is -2.41.